The van der Waals surface area contributed by atoms with Gasteiger partial charge in [0.05, 0.1) is 0 Å². The van der Waals surface area contributed by atoms with Crippen LogP contribution in [0.15, 0.2) is 18.2 Å². The molecule has 1 aromatic rings. The van der Waals surface area contributed by atoms with Crippen LogP contribution in [0.25, 0.3) is 0 Å². The van der Waals surface area contributed by atoms with Gasteiger partial charge in [0.2, 0.25) is 0 Å². The Kier molecular flexibility index (Phi) is 5.19. The van der Waals surface area contributed by atoms with Gasteiger partial charge >= 0.3 is 0 Å². The Morgan fingerprint density at radius 1 is 1.35 bits per heavy atom. The highest BCUT2D eigenvalue weighted by Gasteiger charge is 2.19. The Labute approximate surface area is 112 Å². The normalized spacial score (nSPS) is 10.7. The molecule has 0 aliphatic heterocycles. The van der Waals surface area contributed by atoms with Gasteiger partial charge < -0.3 is 4.90 Å². The summed E-state index contributed by atoms with van der Waals surface area (Å²) in [6, 6.07) is 6.20. The third-order valence-electron chi connectivity index (χ3n) is 2.82. The average Bonchev–Trinajstić information content (AvgIpc) is 2.24. The zero-order valence-electron chi connectivity index (χ0n) is 11.0. The second kappa shape index (κ2) is 6.20. The molecular weight excluding hydrogens is 278 g/mol. The number of hydrogen-bond donors (Lipinski definition) is 0. The Bertz CT molecular complexity index is 401. The van der Waals surface area contributed by atoms with Crippen molar-refractivity contribution in [3.8, 4) is 0 Å². The van der Waals surface area contributed by atoms with Crippen LogP contribution in [-0.4, -0.2) is 28.7 Å². The molecule has 0 spiro atoms. The van der Waals surface area contributed by atoms with Crippen LogP contribution in [-0.2, 0) is 0 Å². The molecule has 0 saturated heterocycles. The number of carbonyl (C=O) groups excluding carboxylic acids is 1. The van der Waals surface area contributed by atoms with Crippen LogP contribution >= 0.6 is 15.9 Å². The fraction of sp³-hybridized carbons (Fsp3) is 0.500. The van der Waals surface area contributed by atoms with Gasteiger partial charge in [-0.2, -0.15) is 0 Å². The van der Waals surface area contributed by atoms with Crippen molar-refractivity contribution >= 4 is 21.8 Å². The fourth-order valence-electron chi connectivity index (χ4n) is 1.89. The number of rotatable bonds is 4. The molecule has 0 bridgehead atoms. The topological polar surface area (TPSA) is 20.3 Å². The predicted octanol–water partition coefficient (Wildman–Crippen LogP) is 3.55. The quantitative estimate of drug-likeness (QED) is 0.778. The Hall–Kier alpha value is -0.830. The van der Waals surface area contributed by atoms with E-state index >= 15 is 0 Å². The number of aryl methyl sites for hydroxylation is 2. The molecule has 0 unspecified atom stereocenters. The van der Waals surface area contributed by atoms with Crippen molar-refractivity contribution in [1.82, 2.24) is 4.90 Å². The number of carbonyl (C=O) groups is 1. The van der Waals surface area contributed by atoms with E-state index in [0.717, 1.165) is 23.0 Å². The number of halogens is 1. The van der Waals surface area contributed by atoms with E-state index in [4.69, 9.17) is 0 Å². The lowest BCUT2D eigenvalue weighted by atomic mass is 10.0. The van der Waals surface area contributed by atoms with Gasteiger partial charge in [-0.05, 0) is 39.3 Å². The molecule has 0 saturated carbocycles. The summed E-state index contributed by atoms with van der Waals surface area (Å²) in [7, 11) is 0. The maximum Gasteiger partial charge on any atom is 0.254 e. The van der Waals surface area contributed by atoms with Crippen LogP contribution in [0.2, 0.25) is 0 Å². The summed E-state index contributed by atoms with van der Waals surface area (Å²) < 4.78 is 0. The minimum absolute atomic E-state index is 0.122. The molecule has 0 fully saturated rings. The SMILES string of the molecule is Cc1ccc(C(=O)N(CCBr)C(C)C)c(C)c1. The van der Waals surface area contributed by atoms with E-state index in [1.54, 1.807) is 0 Å². The second-order valence-electron chi connectivity index (χ2n) is 4.60. The molecule has 17 heavy (non-hydrogen) atoms. The molecule has 2 nitrogen and oxygen atoms in total. The van der Waals surface area contributed by atoms with E-state index in [9.17, 15) is 4.79 Å². The van der Waals surface area contributed by atoms with Crippen molar-refractivity contribution in [3.63, 3.8) is 0 Å². The molecule has 0 radical (unpaired) electrons. The summed E-state index contributed by atoms with van der Waals surface area (Å²) in [5.41, 5.74) is 3.05. The lowest BCUT2D eigenvalue weighted by molar-refractivity contribution is 0.0718. The highest BCUT2D eigenvalue weighted by atomic mass is 79.9. The summed E-state index contributed by atoms with van der Waals surface area (Å²) in [5, 5.41) is 0.807. The van der Waals surface area contributed by atoms with Gasteiger partial charge in [-0.15, -0.1) is 0 Å². The monoisotopic (exact) mass is 297 g/mol. The molecule has 1 amide bonds. The summed E-state index contributed by atoms with van der Waals surface area (Å²) in [4.78, 5) is 14.3. The molecule has 1 rings (SSSR count). The fourth-order valence-corrected chi connectivity index (χ4v) is 2.28. The molecule has 3 heteroatoms. The average molecular weight is 298 g/mol. The third-order valence-corrected chi connectivity index (χ3v) is 3.18. The predicted molar refractivity (Wildman–Crippen MR) is 75.9 cm³/mol. The van der Waals surface area contributed by atoms with Gasteiger partial charge in [0.15, 0.2) is 0 Å². The summed E-state index contributed by atoms with van der Waals surface area (Å²) >= 11 is 3.40. The molecule has 1 aromatic carbocycles. The minimum Gasteiger partial charge on any atom is -0.335 e. The highest BCUT2D eigenvalue weighted by molar-refractivity contribution is 9.09. The Balaban J connectivity index is 3.01. The van der Waals surface area contributed by atoms with Crippen molar-refractivity contribution < 1.29 is 4.79 Å². The molecule has 0 aliphatic rings. The number of benzene rings is 1. The molecule has 0 atom stereocenters. The van der Waals surface area contributed by atoms with E-state index in [1.165, 1.54) is 5.56 Å². The zero-order valence-corrected chi connectivity index (χ0v) is 12.5. The smallest absolute Gasteiger partial charge is 0.254 e. The highest BCUT2D eigenvalue weighted by Crippen LogP contribution is 2.15. The molecule has 0 heterocycles. The van der Waals surface area contributed by atoms with Crippen molar-refractivity contribution in [2.45, 2.75) is 33.7 Å². The molecule has 0 aliphatic carbocycles. The lowest BCUT2D eigenvalue weighted by Gasteiger charge is -2.26. The van der Waals surface area contributed by atoms with E-state index in [1.807, 2.05) is 44.7 Å². The van der Waals surface area contributed by atoms with E-state index in [0.29, 0.717) is 0 Å². The van der Waals surface area contributed by atoms with Gasteiger partial charge in [0, 0.05) is 23.5 Å². The minimum atomic E-state index is 0.122. The van der Waals surface area contributed by atoms with Gasteiger partial charge in [0.25, 0.3) is 5.91 Å². The first-order valence-electron chi connectivity index (χ1n) is 5.91. The van der Waals surface area contributed by atoms with Crippen molar-refractivity contribution in [2.24, 2.45) is 0 Å². The largest absolute Gasteiger partial charge is 0.335 e. The number of amides is 1. The first-order chi connectivity index (χ1) is 7.97. The first kappa shape index (κ1) is 14.2. The van der Waals surface area contributed by atoms with Crippen LogP contribution in [0.4, 0.5) is 0 Å². The molecular formula is C14H20BrNO. The lowest BCUT2D eigenvalue weighted by Crippen LogP contribution is -2.38. The zero-order chi connectivity index (χ0) is 13.0. The van der Waals surface area contributed by atoms with Crippen molar-refractivity contribution in [1.29, 1.82) is 0 Å². The van der Waals surface area contributed by atoms with Gasteiger partial charge in [0.1, 0.15) is 0 Å². The molecule has 0 aromatic heterocycles. The standard InChI is InChI=1S/C14H20BrNO/c1-10(2)16(8-7-15)14(17)13-6-5-11(3)9-12(13)4/h5-6,9-10H,7-8H2,1-4H3. The van der Waals surface area contributed by atoms with Gasteiger partial charge in [-0.1, -0.05) is 33.6 Å². The van der Waals surface area contributed by atoms with Crippen molar-refractivity contribution in [3.05, 3.63) is 34.9 Å². The van der Waals surface area contributed by atoms with Gasteiger partial charge in [-0.3, -0.25) is 4.79 Å². The van der Waals surface area contributed by atoms with Crippen LogP contribution in [0.5, 0.6) is 0 Å². The summed E-state index contributed by atoms with van der Waals surface area (Å²) in [5.74, 6) is 0.122. The Morgan fingerprint density at radius 2 is 2.00 bits per heavy atom. The first-order valence-corrected chi connectivity index (χ1v) is 7.03. The summed E-state index contributed by atoms with van der Waals surface area (Å²) in [6.45, 7) is 8.87. The molecule has 0 N–H and O–H groups in total. The number of alkyl halides is 1. The van der Waals surface area contributed by atoms with Crippen LogP contribution < -0.4 is 0 Å². The van der Waals surface area contributed by atoms with E-state index in [-0.39, 0.29) is 11.9 Å². The molecule has 94 valence electrons. The van der Waals surface area contributed by atoms with Crippen LogP contribution in [0, 0.1) is 13.8 Å². The van der Waals surface area contributed by atoms with Crippen molar-refractivity contribution in [2.75, 3.05) is 11.9 Å². The second-order valence-corrected chi connectivity index (χ2v) is 5.39. The Morgan fingerprint density at radius 3 is 2.47 bits per heavy atom. The number of nitrogens with zero attached hydrogens (tertiary/aromatic N) is 1. The maximum absolute atomic E-state index is 12.4. The van der Waals surface area contributed by atoms with Crippen LogP contribution in [0.1, 0.15) is 35.3 Å². The van der Waals surface area contributed by atoms with E-state index < -0.39 is 0 Å². The van der Waals surface area contributed by atoms with E-state index in [2.05, 4.69) is 22.0 Å². The van der Waals surface area contributed by atoms with Crippen LogP contribution in [0.3, 0.4) is 0 Å². The maximum atomic E-state index is 12.4. The number of hydrogen-bond acceptors (Lipinski definition) is 1. The third kappa shape index (κ3) is 3.56. The summed E-state index contributed by atoms with van der Waals surface area (Å²) in [6.07, 6.45) is 0. The van der Waals surface area contributed by atoms with Gasteiger partial charge in [-0.25, -0.2) is 0 Å².